The van der Waals surface area contributed by atoms with Crippen LogP contribution in [0.3, 0.4) is 0 Å². The molecule has 0 aromatic heterocycles. The maximum absolute atomic E-state index is 6.74. The summed E-state index contributed by atoms with van der Waals surface area (Å²) in [4.78, 5) is 0.0361. The summed E-state index contributed by atoms with van der Waals surface area (Å²) in [5, 5.41) is 0. The van der Waals surface area contributed by atoms with E-state index in [0.29, 0.717) is 0 Å². The molecule has 0 fully saturated rings. The van der Waals surface area contributed by atoms with Gasteiger partial charge in [-0.15, -0.1) is 0 Å². The van der Waals surface area contributed by atoms with E-state index >= 15 is 0 Å². The summed E-state index contributed by atoms with van der Waals surface area (Å²) < 4.78 is 20.2. The first-order chi connectivity index (χ1) is 22.7. The Balaban J connectivity index is 4.72. The Morgan fingerprint density at radius 2 is 0.609 bits per heavy atom. The number of hydrogen-bond acceptors (Lipinski definition) is 5. The maximum Gasteiger partial charge on any atom is 0.514 e. The lowest BCUT2D eigenvalue weighted by molar-refractivity contribution is 0.0530. The molecule has 0 spiro atoms. The van der Waals surface area contributed by atoms with Crippen LogP contribution in [0.5, 0.6) is 0 Å². The molecule has 6 heteroatoms. The molecule has 0 radical (unpaired) electrons. The van der Waals surface area contributed by atoms with E-state index in [1.807, 2.05) is 0 Å². The predicted molar refractivity (Wildman–Crippen MR) is 215 cm³/mol. The van der Waals surface area contributed by atoms with Gasteiger partial charge >= 0.3 is 8.80 Å². The highest BCUT2D eigenvalue weighted by Gasteiger charge is 2.47. The quantitative estimate of drug-likeness (QED) is 0.0378. The Kier molecular flexibility index (Phi) is 39.3. The van der Waals surface area contributed by atoms with E-state index in [0.717, 1.165) is 57.7 Å². The van der Waals surface area contributed by atoms with Crippen LogP contribution in [0.2, 0.25) is 0 Å². The minimum Gasteiger partial charge on any atom is -0.373 e. The first-order valence-electron chi connectivity index (χ1n) is 20.9. The fourth-order valence-electron chi connectivity index (χ4n) is 6.29. The summed E-state index contributed by atoms with van der Waals surface area (Å²) >= 11 is 9.62. The van der Waals surface area contributed by atoms with Gasteiger partial charge in [0.15, 0.2) is 0 Å². The van der Waals surface area contributed by atoms with Crippen LogP contribution in [0.1, 0.15) is 226 Å². The van der Waals surface area contributed by atoms with E-state index in [1.165, 1.54) is 173 Å². The minimum atomic E-state index is -2.89. The number of rotatable bonds is 40. The summed E-state index contributed by atoms with van der Waals surface area (Å²) in [6, 6.07) is 0. The molecule has 0 aliphatic carbocycles. The second-order valence-electron chi connectivity index (χ2n) is 14.1. The molecular weight excluding hydrogens is 621 g/mol. The van der Waals surface area contributed by atoms with E-state index in [2.05, 4.69) is 33.4 Å². The molecule has 3 nitrogen and oxygen atoms in total. The van der Waals surface area contributed by atoms with Gasteiger partial charge in [0.2, 0.25) is 0 Å². The van der Waals surface area contributed by atoms with Gasteiger partial charge in [0.05, 0.1) is 4.87 Å². The van der Waals surface area contributed by atoms with Gasteiger partial charge in [-0.2, -0.15) is 25.3 Å². The molecule has 0 saturated heterocycles. The third kappa shape index (κ3) is 30.8. The van der Waals surface area contributed by atoms with Crippen molar-refractivity contribution in [3.8, 4) is 0 Å². The van der Waals surface area contributed by atoms with Crippen molar-refractivity contribution in [3.05, 3.63) is 0 Å². The van der Waals surface area contributed by atoms with Gasteiger partial charge in [-0.05, 0) is 37.9 Å². The van der Waals surface area contributed by atoms with Crippen molar-refractivity contribution in [2.75, 3.05) is 25.6 Å². The fraction of sp³-hybridized carbons (Fsp3) is 1.00. The lowest BCUT2D eigenvalue weighted by atomic mass is 10.1. The van der Waals surface area contributed by atoms with E-state index in [1.54, 1.807) is 0 Å². The zero-order chi connectivity index (χ0) is 33.7. The largest absolute Gasteiger partial charge is 0.514 e. The summed E-state index contributed by atoms with van der Waals surface area (Å²) in [5.74, 6) is 0.872. The molecule has 278 valence electrons. The highest BCUT2D eigenvalue weighted by molar-refractivity contribution is 7.83. The van der Waals surface area contributed by atoms with Crippen LogP contribution in [0, 0.1) is 0 Å². The zero-order valence-electron chi connectivity index (χ0n) is 31.7. The van der Waals surface area contributed by atoms with Gasteiger partial charge in [0.25, 0.3) is 0 Å². The second-order valence-corrected chi connectivity index (χ2v) is 18.4. The Bertz CT molecular complexity index is 504. The van der Waals surface area contributed by atoms with Gasteiger partial charge in [-0.3, -0.25) is 0 Å². The van der Waals surface area contributed by atoms with E-state index in [4.69, 9.17) is 25.9 Å². The third-order valence-corrected chi connectivity index (χ3v) is 13.9. The molecule has 0 aromatic carbocycles. The molecule has 0 rings (SSSR count). The summed E-state index contributed by atoms with van der Waals surface area (Å²) in [6.07, 6.45) is 42.0. The molecule has 0 bridgehead atoms. The van der Waals surface area contributed by atoms with Crippen molar-refractivity contribution in [1.82, 2.24) is 0 Å². The summed E-state index contributed by atoms with van der Waals surface area (Å²) in [5.41, 5.74) is 0. The second kappa shape index (κ2) is 38.6. The summed E-state index contributed by atoms with van der Waals surface area (Å²) in [7, 11) is -2.89. The highest BCUT2D eigenvalue weighted by Crippen LogP contribution is 2.26. The SMILES string of the molecule is CCCCCCCCCCCCO[Si](OCCCCCCCCCCCC)(OCCCCCCCCCCCC)C(S)CCCS. The maximum atomic E-state index is 6.74. The molecular formula is C40H84O3S2Si. The fourth-order valence-corrected chi connectivity index (χ4v) is 9.99. The average molecular weight is 705 g/mol. The van der Waals surface area contributed by atoms with Gasteiger partial charge < -0.3 is 13.3 Å². The van der Waals surface area contributed by atoms with Gasteiger partial charge in [-0.25, -0.2) is 0 Å². The molecule has 1 unspecified atom stereocenters. The molecule has 0 aliphatic heterocycles. The van der Waals surface area contributed by atoms with Crippen molar-refractivity contribution in [2.24, 2.45) is 0 Å². The standard InChI is InChI=1S/C40H84O3S2Si/c1-4-7-10-13-16-19-22-25-28-31-36-41-46(40(45)35-34-39-44,42-37-32-29-26-23-20-17-14-11-8-5-2)43-38-33-30-27-24-21-18-15-12-9-6-3/h40,44-45H,4-39H2,1-3H3. The van der Waals surface area contributed by atoms with Crippen molar-refractivity contribution in [1.29, 1.82) is 0 Å². The van der Waals surface area contributed by atoms with Gasteiger partial charge in [0.1, 0.15) is 0 Å². The Hall–Kier alpha value is 0.797. The highest BCUT2D eigenvalue weighted by atomic mass is 32.1. The monoisotopic (exact) mass is 705 g/mol. The molecule has 0 saturated carbocycles. The normalized spacial score (nSPS) is 12.7. The van der Waals surface area contributed by atoms with E-state index in [-0.39, 0.29) is 4.87 Å². The van der Waals surface area contributed by atoms with Crippen LogP contribution in [-0.2, 0) is 13.3 Å². The Morgan fingerprint density at radius 1 is 0.370 bits per heavy atom. The average Bonchev–Trinajstić information content (AvgIpc) is 3.07. The first-order valence-corrected chi connectivity index (χ1v) is 23.8. The van der Waals surface area contributed by atoms with Crippen molar-refractivity contribution in [2.45, 2.75) is 231 Å². The van der Waals surface area contributed by atoms with E-state index in [9.17, 15) is 0 Å². The Labute approximate surface area is 302 Å². The van der Waals surface area contributed by atoms with Crippen LogP contribution in [0.4, 0.5) is 0 Å². The third-order valence-electron chi connectivity index (χ3n) is 9.45. The molecule has 1 atom stereocenters. The minimum absolute atomic E-state index is 0.0361. The topological polar surface area (TPSA) is 27.7 Å². The zero-order valence-corrected chi connectivity index (χ0v) is 34.4. The molecule has 0 aliphatic rings. The van der Waals surface area contributed by atoms with Crippen molar-refractivity contribution < 1.29 is 13.3 Å². The summed E-state index contributed by atoms with van der Waals surface area (Å²) in [6.45, 7) is 9.12. The van der Waals surface area contributed by atoms with Gasteiger partial charge in [0, 0.05) is 19.8 Å². The molecule has 0 heterocycles. The molecule has 0 N–H and O–H groups in total. The molecule has 46 heavy (non-hydrogen) atoms. The Morgan fingerprint density at radius 3 is 0.848 bits per heavy atom. The van der Waals surface area contributed by atoms with Crippen LogP contribution in [0.15, 0.2) is 0 Å². The smallest absolute Gasteiger partial charge is 0.373 e. The lowest BCUT2D eigenvalue weighted by Gasteiger charge is -2.34. The number of unbranched alkanes of at least 4 members (excludes halogenated alkanes) is 27. The van der Waals surface area contributed by atoms with Crippen molar-refractivity contribution in [3.63, 3.8) is 0 Å². The first kappa shape index (κ1) is 46.8. The molecule has 0 aromatic rings. The lowest BCUT2D eigenvalue weighted by Crippen LogP contribution is -2.55. The van der Waals surface area contributed by atoms with Crippen molar-refractivity contribution >= 4 is 34.1 Å². The van der Waals surface area contributed by atoms with Crippen LogP contribution >= 0.6 is 25.3 Å². The molecule has 0 amide bonds. The number of thiol groups is 2. The van der Waals surface area contributed by atoms with E-state index < -0.39 is 8.80 Å². The number of hydrogen-bond donors (Lipinski definition) is 2. The van der Waals surface area contributed by atoms with Crippen LogP contribution < -0.4 is 0 Å². The van der Waals surface area contributed by atoms with Crippen LogP contribution in [0.25, 0.3) is 0 Å². The van der Waals surface area contributed by atoms with Gasteiger partial charge in [-0.1, -0.05) is 194 Å². The van der Waals surface area contributed by atoms with Crippen LogP contribution in [-0.4, -0.2) is 39.3 Å². The predicted octanol–water partition coefficient (Wildman–Crippen LogP) is 14.3.